The highest BCUT2D eigenvalue weighted by atomic mass is 16.2. The standard InChI is InChI=1S/C22H33N5O/c1-17-8-9-20(15-18(17)2)24-22(28)27-12-5-7-19(16-27)21-23-10-14-26(21)13-6-11-25(3)4/h8-10,14-15,19H,5-7,11-13,16H2,1-4H3,(H,24,28)/t19-/m0/s1. The Balaban J connectivity index is 1.61. The van der Waals surface area contributed by atoms with Crippen molar-refractivity contribution in [2.24, 2.45) is 0 Å². The highest BCUT2D eigenvalue weighted by Gasteiger charge is 2.27. The number of carbonyl (C=O) groups is 1. The summed E-state index contributed by atoms with van der Waals surface area (Å²) in [5, 5.41) is 3.06. The van der Waals surface area contributed by atoms with Gasteiger partial charge >= 0.3 is 6.03 Å². The molecule has 2 aromatic rings. The van der Waals surface area contributed by atoms with Crippen LogP contribution in [0.25, 0.3) is 0 Å². The maximum absolute atomic E-state index is 12.8. The van der Waals surface area contributed by atoms with E-state index in [2.05, 4.69) is 60.0 Å². The van der Waals surface area contributed by atoms with Crippen molar-refractivity contribution in [3.8, 4) is 0 Å². The number of anilines is 1. The van der Waals surface area contributed by atoms with Gasteiger partial charge in [0.1, 0.15) is 5.82 Å². The van der Waals surface area contributed by atoms with Crippen LogP contribution < -0.4 is 5.32 Å². The molecule has 1 fully saturated rings. The minimum atomic E-state index is -0.0151. The van der Waals surface area contributed by atoms with Crippen LogP contribution >= 0.6 is 0 Å². The van der Waals surface area contributed by atoms with Crippen molar-refractivity contribution in [1.82, 2.24) is 19.4 Å². The molecule has 0 radical (unpaired) electrons. The zero-order chi connectivity index (χ0) is 20.1. The van der Waals surface area contributed by atoms with E-state index in [1.54, 1.807) is 0 Å². The van der Waals surface area contributed by atoms with Gasteiger partial charge in [0.05, 0.1) is 0 Å². The van der Waals surface area contributed by atoms with Gasteiger partial charge in [0.15, 0.2) is 0 Å². The Hall–Kier alpha value is -2.34. The summed E-state index contributed by atoms with van der Waals surface area (Å²) in [6.07, 6.45) is 7.14. The largest absolute Gasteiger partial charge is 0.335 e. The molecular weight excluding hydrogens is 350 g/mol. The molecule has 6 heteroatoms. The van der Waals surface area contributed by atoms with Gasteiger partial charge in [-0.05, 0) is 77.0 Å². The second-order valence-corrected chi connectivity index (χ2v) is 8.15. The highest BCUT2D eigenvalue weighted by molar-refractivity contribution is 5.89. The molecule has 1 N–H and O–H groups in total. The van der Waals surface area contributed by atoms with Crippen molar-refractivity contribution in [3.05, 3.63) is 47.5 Å². The number of carbonyl (C=O) groups excluding carboxylic acids is 1. The van der Waals surface area contributed by atoms with E-state index in [0.717, 1.165) is 57.0 Å². The van der Waals surface area contributed by atoms with Gasteiger partial charge in [0.25, 0.3) is 0 Å². The van der Waals surface area contributed by atoms with Gasteiger partial charge in [-0.25, -0.2) is 9.78 Å². The fraction of sp³-hybridized carbons (Fsp3) is 0.545. The average molecular weight is 384 g/mol. The number of benzene rings is 1. The van der Waals surface area contributed by atoms with Crippen molar-refractivity contribution in [2.75, 3.05) is 39.0 Å². The molecule has 0 bridgehead atoms. The molecule has 1 atom stereocenters. The summed E-state index contributed by atoms with van der Waals surface area (Å²) in [4.78, 5) is 21.6. The van der Waals surface area contributed by atoms with Crippen LogP contribution in [0.2, 0.25) is 0 Å². The van der Waals surface area contributed by atoms with Gasteiger partial charge in [-0.3, -0.25) is 0 Å². The lowest BCUT2D eigenvalue weighted by Gasteiger charge is -2.32. The molecule has 1 aromatic heterocycles. The summed E-state index contributed by atoms with van der Waals surface area (Å²) >= 11 is 0. The minimum Gasteiger partial charge on any atom is -0.335 e. The molecule has 1 saturated heterocycles. The number of likely N-dealkylation sites (tertiary alicyclic amines) is 1. The molecule has 28 heavy (non-hydrogen) atoms. The van der Waals surface area contributed by atoms with Crippen LogP contribution in [0.4, 0.5) is 10.5 Å². The molecule has 3 rings (SSSR count). The molecule has 1 aliphatic rings. The van der Waals surface area contributed by atoms with Gasteiger partial charge in [-0.1, -0.05) is 6.07 Å². The summed E-state index contributed by atoms with van der Waals surface area (Å²) in [6, 6.07) is 6.04. The summed E-state index contributed by atoms with van der Waals surface area (Å²) in [6.45, 7) is 7.70. The lowest BCUT2D eigenvalue weighted by atomic mass is 9.97. The number of aromatic nitrogens is 2. The van der Waals surface area contributed by atoms with E-state index in [1.165, 1.54) is 11.1 Å². The number of nitrogens with one attached hydrogen (secondary N) is 1. The Kier molecular flexibility index (Phi) is 6.73. The van der Waals surface area contributed by atoms with Crippen LogP contribution in [0.5, 0.6) is 0 Å². The van der Waals surface area contributed by atoms with Gasteiger partial charge in [0, 0.05) is 43.6 Å². The Labute approximate surface area is 168 Å². The number of imidazole rings is 1. The van der Waals surface area contributed by atoms with E-state index in [1.807, 2.05) is 23.2 Å². The van der Waals surface area contributed by atoms with E-state index in [0.29, 0.717) is 5.92 Å². The monoisotopic (exact) mass is 383 g/mol. The Morgan fingerprint density at radius 3 is 2.86 bits per heavy atom. The molecule has 152 valence electrons. The molecule has 2 heterocycles. The number of rotatable bonds is 6. The van der Waals surface area contributed by atoms with Crippen molar-refractivity contribution >= 4 is 11.7 Å². The van der Waals surface area contributed by atoms with Crippen LogP contribution in [0, 0.1) is 13.8 Å². The predicted octanol–water partition coefficient (Wildman–Crippen LogP) is 3.86. The van der Waals surface area contributed by atoms with Crippen LogP contribution in [-0.2, 0) is 6.54 Å². The second-order valence-electron chi connectivity index (χ2n) is 8.15. The quantitative estimate of drug-likeness (QED) is 0.824. The predicted molar refractivity (Wildman–Crippen MR) is 114 cm³/mol. The average Bonchev–Trinajstić information content (AvgIpc) is 3.13. The minimum absolute atomic E-state index is 0.0151. The first-order chi connectivity index (χ1) is 13.4. The van der Waals surface area contributed by atoms with Crippen molar-refractivity contribution in [3.63, 3.8) is 0 Å². The third-order valence-electron chi connectivity index (χ3n) is 5.58. The Morgan fingerprint density at radius 1 is 1.29 bits per heavy atom. The Bertz CT molecular complexity index is 798. The molecule has 1 aromatic carbocycles. The first kappa shape index (κ1) is 20.4. The molecule has 6 nitrogen and oxygen atoms in total. The lowest BCUT2D eigenvalue weighted by Crippen LogP contribution is -2.42. The van der Waals surface area contributed by atoms with Crippen molar-refractivity contribution in [1.29, 1.82) is 0 Å². The highest BCUT2D eigenvalue weighted by Crippen LogP contribution is 2.26. The third kappa shape index (κ3) is 5.13. The molecule has 0 unspecified atom stereocenters. The topological polar surface area (TPSA) is 53.4 Å². The number of aryl methyl sites for hydroxylation is 3. The maximum atomic E-state index is 12.8. The fourth-order valence-electron chi connectivity index (χ4n) is 3.82. The van der Waals surface area contributed by atoms with Crippen molar-refractivity contribution < 1.29 is 4.79 Å². The fourth-order valence-corrected chi connectivity index (χ4v) is 3.82. The van der Waals surface area contributed by atoms with Crippen molar-refractivity contribution in [2.45, 2.75) is 45.6 Å². The molecule has 1 aliphatic heterocycles. The summed E-state index contributed by atoms with van der Waals surface area (Å²) < 4.78 is 2.26. The van der Waals surface area contributed by atoms with E-state index in [-0.39, 0.29) is 6.03 Å². The van der Waals surface area contributed by atoms with Gasteiger partial charge in [-0.15, -0.1) is 0 Å². The van der Waals surface area contributed by atoms with Crippen LogP contribution in [0.3, 0.4) is 0 Å². The number of nitrogens with zero attached hydrogens (tertiary/aromatic N) is 4. The van der Waals surface area contributed by atoms with Gasteiger partial charge < -0.3 is 19.7 Å². The molecule has 0 spiro atoms. The number of urea groups is 1. The van der Waals surface area contributed by atoms with E-state index in [4.69, 9.17) is 0 Å². The first-order valence-electron chi connectivity index (χ1n) is 10.2. The zero-order valence-electron chi connectivity index (χ0n) is 17.6. The van der Waals surface area contributed by atoms with Gasteiger partial charge in [0.2, 0.25) is 0 Å². The third-order valence-corrected chi connectivity index (χ3v) is 5.58. The summed E-state index contributed by atoms with van der Waals surface area (Å²) in [5.74, 6) is 1.41. The van der Waals surface area contributed by atoms with Crippen LogP contribution in [-0.4, -0.2) is 59.1 Å². The lowest BCUT2D eigenvalue weighted by molar-refractivity contribution is 0.190. The Morgan fingerprint density at radius 2 is 2.11 bits per heavy atom. The smallest absolute Gasteiger partial charge is 0.321 e. The SMILES string of the molecule is Cc1ccc(NC(=O)N2CCC[C@H](c3nccn3CCCN(C)C)C2)cc1C. The molecule has 0 aliphatic carbocycles. The van der Waals surface area contributed by atoms with E-state index < -0.39 is 0 Å². The van der Waals surface area contributed by atoms with Crippen LogP contribution in [0.1, 0.15) is 42.1 Å². The maximum Gasteiger partial charge on any atom is 0.321 e. The summed E-state index contributed by atoms with van der Waals surface area (Å²) in [5.41, 5.74) is 3.28. The number of hydrogen-bond donors (Lipinski definition) is 1. The van der Waals surface area contributed by atoms with E-state index >= 15 is 0 Å². The number of hydrogen-bond acceptors (Lipinski definition) is 3. The molecule has 0 saturated carbocycles. The first-order valence-corrected chi connectivity index (χ1v) is 10.2. The van der Waals surface area contributed by atoms with Gasteiger partial charge in [-0.2, -0.15) is 0 Å². The zero-order valence-corrected chi connectivity index (χ0v) is 17.6. The van der Waals surface area contributed by atoms with E-state index in [9.17, 15) is 4.79 Å². The number of piperidine rings is 1. The molecule has 2 amide bonds. The molecular formula is C22H33N5O. The summed E-state index contributed by atoms with van der Waals surface area (Å²) in [7, 11) is 4.20. The normalized spacial score (nSPS) is 17.2. The number of amides is 2. The van der Waals surface area contributed by atoms with Crippen LogP contribution in [0.15, 0.2) is 30.6 Å². The second kappa shape index (κ2) is 9.24.